The molecule has 0 saturated carbocycles. The molecule has 0 bridgehead atoms. The maximum Gasteiger partial charge on any atom is 0.316 e. The zero-order valence-electron chi connectivity index (χ0n) is 10.2. The Bertz CT molecular complexity index is 266. The minimum Gasteiger partial charge on any atom is -0.468 e. The van der Waals surface area contributed by atoms with E-state index >= 15 is 0 Å². The number of Topliss-reactive ketones (excluding diaryl/α,β-unsaturated/α-hetero) is 1. The molecule has 1 aliphatic heterocycles. The van der Waals surface area contributed by atoms with Gasteiger partial charge in [0.2, 0.25) is 0 Å². The lowest BCUT2D eigenvalue weighted by Gasteiger charge is -2.34. The van der Waals surface area contributed by atoms with Crippen LogP contribution in [-0.2, 0) is 19.1 Å². The third-order valence-electron chi connectivity index (χ3n) is 3.20. The largest absolute Gasteiger partial charge is 0.468 e. The lowest BCUT2D eigenvalue weighted by atomic mass is 9.83. The topological polar surface area (TPSA) is 52.6 Å². The number of esters is 1. The Kier molecular flexibility index (Phi) is 4.47. The standard InChI is InChI=1S/C12H20O4/c1-4-9(11(14)15-3)10(13)12(2)7-5-6-8-16-12/h9H,4-8H2,1-3H3. The molecule has 0 aromatic heterocycles. The maximum absolute atomic E-state index is 12.2. The van der Waals surface area contributed by atoms with Crippen molar-refractivity contribution in [3.8, 4) is 0 Å². The number of ketones is 1. The van der Waals surface area contributed by atoms with Gasteiger partial charge in [-0.05, 0) is 32.6 Å². The molecular weight excluding hydrogens is 208 g/mol. The second-order valence-electron chi connectivity index (χ2n) is 4.38. The molecule has 1 heterocycles. The van der Waals surface area contributed by atoms with Crippen LogP contribution in [0, 0.1) is 5.92 Å². The average Bonchev–Trinajstić information content (AvgIpc) is 2.30. The summed E-state index contributed by atoms with van der Waals surface area (Å²) in [6.45, 7) is 4.19. The predicted molar refractivity (Wildman–Crippen MR) is 59.0 cm³/mol. The molecule has 4 heteroatoms. The summed E-state index contributed by atoms with van der Waals surface area (Å²) in [5, 5.41) is 0. The van der Waals surface area contributed by atoms with Crippen molar-refractivity contribution in [1.29, 1.82) is 0 Å². The van der Waals surface area contributed by atoms with Gasteiger partial charge in [0, 0.05) is 6.61 Å². The van der Waals surface area contributed by atoms with Crippen molar-refractivity contribution in [2.75, 3.05) is 13.7 Å². The molecular formula is C12H20O4. The number of ether oxygens (including phenoxy) is 2. The molecule has 0 aromatic carbocycles. The van der Waals surface area contributed by atoms with Gasteiger partial charge in [-0.25, -0.2) is 0 Å². The second kappa shape index (κ2) is 5.43. The van der Waals surface area contributed by atoms with Gasteiger partial charge in [-0.3, -0.25) is 9.59 Å². The summed E-state index contributed by atoms with van der Waals surface area (Å²) in [6.07, 6.45) is 3.11. The minimum atomic E-state index is -0.798. The Balaban J connectivity index is 2.77. The molecule has 1 fully saturated rings. The van der Waals surface area contributed by atoms with E-state index in [1.165, 1.54) is 7.11 Å². The Hall–Kier alpha value is -0.900. The molecule has 92 valence electrons. The van der Waals surface area contributed by atoms with Crippen LogP contribution in [0.2, 0.25) is 0 Å². The van der Waals surface area contributed by atoms with E-state index in [1.54, 1.807) is 6.92 Å². The van der Waals surface area contributed by atoms with Gasteiger partial charge < -0.3 is 9.47 Å². The summed E-state index contributed by atoms with van der Waals surface area (Å²) < 4.78 is 10.2. The third-order valence-corrected chi connectivity index (χ3v) is 3.20. The second-order valence-corrected chi connectivity index (χ2v) is 4.38. The van der Waals surface area contributed by atoms with Gasteiger partial charge in [-0.2, -0.15) is 0 Å². The molecule has 0 radical (unpaired) electrons. The summed E-state index contributed by atoms with van der Waals surface area (Å²) in [7, 11) is 1.31. The van der Waals surface area contributed by atoms with Gasteiger partial charge in [0.1, 0.15) is 11.5 Å². The summed E-state index contributed by atoms with van der Waals surface area (Å²) >= 11 is 0. The van der Waals surface area contributed by atoms with Crippen LogP contribution < -0.4 is 0 Å². The summed E-state index contributed by atoms with van der Waals surface area (Å²) in [5.74, 6) is -1.28. The molecule has 2 unspecified atom stereocenters. The molecule has 0 aliphatic carbocycles. The van der Waals surface area contributed by atoms with Crippen molar-refractivity contribution < 1.29 is 19.1 Å². The molecule has 0 amide bonds. The van der Waals surface area contributed by atoms with Crippen molar-refractivity contribution in [2.45, 2.75) is 45.1 Å². The van der Waals surface area contributed by atoms with Gasteiger partial charge in [0.15, 0.2) is 5.78 Å². The van der Waals surface area contributed by atoms with Gasteiger partial charge in [-0.15, -0.1) is 0 Å². The Morgan fingerprint density at radius 1 is 1.44 bits per heavy atom. The van der Waals surface area contributed by atoms with E-state index in [2.05, 4.69) is 4.74 Å². The minimum absolute atomic E-state index is 0.137. The van der Waals surface area contributed by atoms with Crippen molar-refractivity contribution >= 4 is 11.8 Å². The van der Waals surface area contributed by atoms with E-state index in [0.29, 0.717) is 19.4 Å². The van der Waals surface area contributed by atoms with E-state index in [4.69, 9.17) is 4.74 Å². The predicted octanol–water partition coefficient (Wildman–Crippen LogP) is 1.71. The van der Waals surface area contributed by atoms with Crippen LogP contribution in [0.5, 0.6) is 0 Å². The monoisotopic (exact) mass is 228 g/mol. The van der Waals surface area contributed by atoms with Crippen LogP contribution in [0.1, 0.15) is 39.5 Å². The molecule has 1 aliphatic rings. The molecule has 4 nitrogen and oxygen atoms in total. The summed E-state index contributed by atoms with van der Waals surface area (Å²) in [4.78, 5) is 23.7. The van der Waals surface area contributed by atoms with Gasteiger partial charge in [-0.1, -0.05) is 6.92 Å². The number of carbonyl (C=O) groups is 2. The highest BCUT2D eigenvalue weighted by Crippen LogP contribution is 2.29. The number of hydrogen-bond donors (Lipinski definition) is 0. The summed E-state index contributed by atoms with van der Waals surface area (Å²) in [5.41, 5.74) is -0.798. The van der Waals surface area contributed by atoms with Crippen molar-refractivity contribution in [3.63, 3.8) is 0 Å². The van der Waals surface area contributed by atoms with Gasteiger partial charge in [0.05, 0.1) is 7.11 Å². The first-order valence-corrected chi connectivity index (χ1v) is 5.81. The highest BCUT2D eigenvalue weighted by molar-refractivity contribution is 6.03. The molecule has 2 atom stereocenters. The summed E-state index contributed by atoms with van der Waals surface area (Å²) in [6, 6.07) is 0. The highest BCUT2D eigenvalue weighted by Gasteiger charge is 2.42. The van der Waals surface area contributed by atoms with Crippen LogP contribution in [0.25, 0.3) is 0 Å². The number of rotatable bonds is 4. The molecule has 1 rings (SSSR count). The van der Waals surface area contributed by atoms with E-state index in [9.17, 15) is 9.59 Å². The molecule has 0 aromatic rings. The highest BCUT2D eigenvalue weighted by atomic mass is 16.5. The van der Waals surface area contributed by atoms with Gasteiger partial charge in [0.25, 0.3) is 0 Å². The zero-order valence-corrected chi connectivity index (χ0v) is 10.2. The number of hydrogen-bond acceptors (Lipinski definition) is 4. The molecule has 0 spiro atoms. The fourth-order valence-electron chi connectivity index (χ4n) is 2.10. The van der Waals surface area contributed by atoms with Crippen LogP contribution in [0.3, 0.4) is 0 Å². The normalized spacial score (nSPS) is 27.2. The first-order chi connectivity index (χ1) is 7.55. The first-order valence-electron chi connectivity index (χ1n) is 5.81. The van der Waals surface area contributed by atoms with Crippen LogP contribution in [0.15, 0.2) is 0 Å². The Morgan fingerprint density at radius 2 is 2.12 bits per heavy atom. The lowest BCUT2D eigenvalue weighted by Crippen LogP contribution is -2.46. The molecule has 16 heavy (non-hydrogen) atoms. The molecule has 0 N–H and O–H groups in total. The third kappa shape index (κ3) is 2.61. The van der Waals surface area contributed by atoms with Crippen LogP contribution in [-0.4, -0.2) is 31.1 Å². The van der Waals surface area contributed by atoms with E-state index < -0.39 is 17.5 Å². The Labute approximate surface area is 96.3 Å². The number of methoxy groups -OCH3 is 1. The van der Waals surface area contributed by atoms with E-state index in [1.807, 2.05) is 6.92 Å². The van der Waals surface area contributed by atoms with E-state index in [-0.39, 0.29) is 5.78 Å². The van der Waals surface area contributed by atoms with Crippen molar-refractivity contribution in [1.82, 2.24) is 0 Å². The Morgan fingerprint density at radius 3 is 2.56 bits per heavy atom. The van der Waals surface area contributed by atoms with Crippen LogP contribution in [0.4, 0.5) is 0 Å². The number of carbonyl (C=O) groups excluding carboxylic acids is 2. The average molecular weight is 228 g/mol. The van der Waals surface area contributed by atoms with Crippen molar-refractivity contribution in [2.24, 2.45) is 5.92 Å². The zero-order chi connectivity index (χ0) is 12.2. The van der Waals surface area contributed by atoms with Crippen molar-refractivity contribution in [3.05, 3.63) is 0 Å². The quantitative estimate of drug-likeness (QED) is 0.543. The SMILES string of the molecule is CCC(C(=O)OC)C(=O)C1(C)CCCCO1. The van der Waals surface area contributed by atoms with Crippen LogP contribution >= 0.6 is 0 Å². The first kappa shape index (κ1) is 13.2. The lowest BCUT2D eigenvalue weighted by molar-refractivity contribution is -0.162. The fraction of sp³-hybridized carbons (Fsp3) is 0.833. The molecule has 1 saturated heterocycles. The maximum atomic E-state index is 12.2. The van der Waals surface area contributed by atoms with E-state index in [0.717, 1.165) is 12.8 Å². The smallest absolute Gasteiger partial charge is 0.316 e. The van der Waals surface area contributed by atoms with Gasteiger partial charge >= 0.3 is 5.97 Å². The fourth-order valence-corrected chi connectivity index (χ4v) is 2.10.